The van der Waals surface area contributed by atoms with Gasteiger partial charge in [0.2, 0.25) is 0 Å². The third kappa shape index (κ3) is 3.10. The highest BCUT2D eigenvalue weighted by Gasteiger charge is 2.18. The van der Waals surface area contributed by atoms with Crippen molar-refractivity contribution in [3.8, 4) is 0 Å². The van der Waals surface area contributed by atoms with E-state index in [0.29, 0.717) is 6.42 Å². The van der Waals surface area contributed by atoms with E-state index in [4.69, 9.17) is 11.6 Å². The molecule has 1 heterocycles. The molecule has 2 aromatic carbocycles. The number of hydrogen-bond acceptors (Lipinski definition) is 2. The molecule has 1 nitrogen and oxygen atoms in total. The van der Waals surface area contributed by atoms with Gasteiger partial charge in [-0.15, -0.1) is 11.3 Å². The lowest BCUT2D eigenvalue weighted by molar-refractivity contribution is 0.584. The van der Waals surface area contributed by atoms with E-state index in [1.807, 2.05) is 24.3 Å². The molecule has 0 aliphatic heterocycles. The molecule has 1 aromatic heterocycles. The van der Waals surface area contributed by atoms with Crippen LogP contribution in [-0.4, -0.2) is 4.98 Å². The van der Waals surface area contributed by atoms with Crippen LogP contribution < -0.4 is 0 Å². The highest BCUT2D eigenvalue weighted by Crippen LogP contribution is 2.33. The van der Waals surface area contributed by atoms with E-state index in [0.717, 1.165) is 27.4 Å². The second-order valence-electron chi connectivity index (χ2n) is 4.53. The number of aromatic nitrogens is 1. The van der Waals surface area contributed by atoms with Crippen molar-refractivity contribution in [2.45, 2.75) is 11.2 Å². The predicted molar refractivity (Wildman–Crippen MR) is 86.4 cm³/mol. The van der Waals surface area contributed by atoms with E-state index in [-0.39, 0.29) is 15.4 Å². The van der Waals surface area contributed by atoms with Crippen LogP contribution >= 0.6 is 38.9 Å². The first-order chi connectivity index (χ1) is 10.0. The zero-order valence-corrected chi connectivity index (χ0v) is 13.8. The monoisotopic (exact) mass is 387 g/mol. The minimum atomic E-state index is -0.623. The van der Waals surface area contributed by atoms with Crippen LogP contribution in [0.4, 0.5) is 8.78 Å². The van der Waals surface area contributed by atoms with E-state index in [1.165, 1.54) is 0 Å². The zero-order chi connectivity index (χ0) is 15.0. The summed E-state index contributed by atoms with van der Waals surface area (Å²) in [5.41, 5.74) is 1.16. The quantitative estimate of drug-likeness (QED) is 0.402. The van der Waals surface area contributed by atoms with Gasteiger partial charge in [0, 0.05) is 16.8 Å². The van der Waals surface area contributed by atoms with Gasteiger partial charge in [0.05, 0.1) is 20.2 Å². The molecule has 0 aliphatic rings. The van der Waals surface area contributed by atoms with Gasteiger partial charge in [-0.05, 0) is 24.3 Å². The number of benzene rings is 2. The average molecular weight is 389 g/mol. The van der Waals surface area contributed by atoms with Gasteiger partial charge in [-0.2, -0.15) is 0 Å². The van der Waals surface area contributed by atoms with Crippen LogP contribution in [0.1, 0.15) is 15.4 Å². The lowest BCUT2D eigenvalue weighted by atomic mass is 10.1. The van der Waals surface area contributed by atoms with E-state index >= 15 is 0 Å². The molecule has 0 bridgehead atoms. The van der Waals surface area contributed by atoms with Crippen molar-refractivity contribution < 1.29 is 8.78 Å². The third-order valence-electron chi connectivity index (χ3n) is 3.07. The van der Waals surface area contributed by atoms with Gasteiger partial charge in [0.25, 0.3) is 0 Å². The molecular weight excluding hydrogens is 380 g/mol. The smallest absolute Gasteiger partial charge is 0.142 e. The summed E-state index contributed by atoms with van der Waals surface area (Å²) in [5, 5.41) is 0.656. The topological polar surface area (TPSA) is 12.9 Å². The highest BCUT2D eigenvalue weighted by atomic mass is 79.9. The summed E-state index contributed by atoms with van der Waals surface area (Å²) in [4.78, 5) is 4.14. The summed E-state index contributed by atoms with van der Waals surface area (Å²) in [6.07, 6.45) is 0.483. The maximum absolute atomic E-state index is 13.9. The Morgan fingerprint density at radius 2 is 1.95 bits per heavy atom. The second-order valence-corrected chi connectivity index (χ2v) is 7.16. The van der Waals surface area contributed by atoms with Crippen molar-refractivity contribution in [3.05, 3.63) is 63.6 Å². The number of alkyl halides is 1. The van der Waals surface area contributed by atoms with Gasteiger partial charge >= 0.3 is 0 Å². The third-order valence-corrected chi connectivity index (χ3v) is 5.23. The Morgan fingerprint density at radius 3 is 2.71 bits per heavy atom. The van der Waals surface area contributed by atoms with Crippen LogP contribution in [0, 0.1) is 11.6 Å². The standard InChI is InChI=1S/C15H9BrClF2NS/c16-9(8-5-12(19)10(17)7-11(8)18)6-15-20-13-3-1-2-4-14(13)21-15/h1-5,7,9H,6H2. The summed E-state index contributed by atoms with van der Waals surface area (Å²) in [6.45, 7) is 0. The Kier molecular flexibility index (Phi) is 4.24. The molecule has 108 valence electrons. The fraction of sp³-hybridized carbons (Fsp3) is 0.133. The van der Waals surface area contributed by atoms with E-state index in [1.54, 1.807) is 11.3 Å². The number of fused-ring (bicyclic) bond motifs is 1. The normalized spacial score (nSPS) is 12.8. The van der Waals surface area contributed by atoms with Crippen LogP contribution in [0.5, 0.6) is 0 Å². The molecule has 0 amide bonds. The Labute approximate surface area is 137 Å². The van der Waals surface area contributed by atoms with Crippen LogP contribution in [-0.2, 0) is 6.42 Å². The molecule has 3 aromatic rings. The first kappa shape index (κ1) is 14.9. The molecule has 1 atom stereocenters. The van der Waals surface area contributed by atoms with Crippen molar-refractivity contribution >= 4 is 49.1 Å². The van der Waals surface area contributed by atoms with Crippen molar-refractivity contribution in [2.24, 2.45) is 0 Å². The van der Waals surface area contributed by atoms with Crippen molar-refractivity contribution in [2.75, 3.05) is 0 Å². The predicted octanol–water partition coefficient (Wildman–Crippen LogP) is 5.91. The van der Waals surface area contributed by atoms with Gasteiger partial charge in [-0.25, -0.2) is 13.8 Å². The molecule has 0 saturated heterocycles. The zero-order valence-electron chi connectivity index (χ0n) is 10.6. The van der Waals surface area contributed by atoms with Gasteiger partial charge in [-0.3, -0.25) is 0 Å². The van der Waals surface area contributed by atoms with E-state index < -0.39 is 11.6 Å². The number of rotatable bonds is 3. The second kappa shape index (κ2) is 5.99. The number of thiazole rings is 1. The molecule has 0 spiro atoms. The lowest BCUT2D eigenvalue weighted by Crippen LogP contribution is -2.00. The Balaban J connectivity index is 1.89. The van der Waals surface area contributed by atoms with Crippen LogP contribution in [0.3, 0.4) is 0 Å². The molecule has 0 fully saturated rings. The Hall–Kier alpha value is -1.04. The fourth-order valence-electron chi connectivity index (χ4n) is 2.05. The molecule has 0 saturated carbocycles. The minimum absolute atomic E-state index is 0.212. The Morgan fingerprint density at radius 1 is 1.19 bits per heavy atom. The van der Waals surface area contributed by atoms with Crippen LogP contribution in [0.15, 0.2) is 36.4 Å². The van der Waals surface area contributed by atoms with Crippen molar-refractivity contribution in [3.63, 3.8) is 0 Å². The van der Waals surface area contributed by atoms with Gasteiger partial charge in [-0.1, -0.05) is 39.7 Å². The minimum Gasteiger partial charge on any atom is -0.241 e. The lowest BCUT2D eigenvalue weighted by Gasteiger charge is -2.10. The van der Waals surface area contributed by atoms with Gasteiger partial charge in [0.1, 0.15) is 11.6 Å². The number of nitrogens with zero attached hydrogens (tertiary/aromatic N) is 1. The molecule has 6 heteroatoms. The van der Waals surface area contributed by atoms with Crippen LogP contribution in [0.25, 0.3) is 10.2 Å². The highest BCUT2D eigenvalue weighted by molar-refractivity contribution is 9.09. The van der Waals surface area contributed by atoms with Crippen molar-refractivity contribution in [1.82, 2.24) is 4.98 Å². The Bertz CT molecular complexity index is 772. The SMILES string of the molecule is Fc1cc(C(Br)Cc2nc3ccccc3s2)c(F)cc1Cl. The fourth-order valence-corrected chi connectivity index (χ4v) is 4.08. The molecule has 21 heavy (non-hydrogen) atoms. The van der Waals surface area contributed by atoms with Crippen LogP contribution in [0.2, 0.25) is 5.02 Å². The number of hydrogen-bond donors (Lipinski definition) is 0. The van der Waals surface area contributed by atoms with E-state index in [2.05, 4.69) is 20.9 Å². The maximum Gasteiger partial charge on any atom is 0.142 e. The van der Waals surface area contributed by atoms with E-state index in [9.17, 15) is 8.78 Å². The first-order valence-corrected chi connectivity index (χ1v) is 8.28. The average Bonchev–Trinajstić information content (AvgIpc) is 2.84. The van der Waals surface area contributed by atoms with Gasteiger partial charge in [0.15, 0.2) is 0 Å². The molecule has 0 aliphatic carbocycles. The van der Waals surface area contributed by atoms with Gasteiger partial charge < -0.3 is 0 Å². The molecule has 1 unspecified atom stereocenters. The molecule has 3 rings (SSSR count). The molecule has 0 N–H and O–H groups in total. The maximum atomic E-state index is 13.9. The summed E-state index contributed by atoms with van der Waals surface area (Å²) < 4.78 is 28.5. The first-order valence-electron chi connectivity index (χ1n) is 6.17. The summed E-state index contributed by atoms with van der Waals surface area (Å²) >= 11 is 10.5. The van der Waals surface area contributed by atoms with Crippen molar-refractivity contribution in [1.29, 1.82) is 0 Å². The summed E-state index contributed by atoms with van der Waals surface area (Å²) in [5.74, 6) is -1.15. The summed E-state index contributed by atoms with van der Waals surface area (Å²) in [6, 6.07) is 9.92. The molecule has 0 radical (unpaired) electrons. The summed E-state index contributed by atoms with van der Waals surface area (Å²) in [7, 11) is 0. The number of halogens is 4. The molecular formula is C15H9BrClF2NS. The largest absolute Gasteiger partial charge is 0.241 e. The number of para-hydroxylation sites is 1.